The molecule has 0 saturated carbocycles. The number of aryl methyl sites for hydroxylation is 3. The van der Waals surface area contributed by atoms with Gasteiger partial charge in [-0.05, 0) is 81.2 Å². The van der Waals surface area contributed by atoms with E-state index in [9.17, 15) is 9.59 Å². The fourth-order valence-corrected chi connectivity index (χ4v) is 7.17. The summed E-state index contributed by atoms with van der Waals surface area (Å²) in [6.45, 7) is 3.93. The molecular weight excluding hydrogens is 522 g/mol. The maximum atomic E-state index is 14.0. The summed E-state index contributed by atoms with van der Waals surface area (Å²) in [6, 6.07) is 15.9. The molecule has 37 heavy (non-hydrogen) atoms. The summed E-state index contributed by atoms with van der Waals surface area (Å²) in [4.78, 5) is 33.8. The number of thioether (sulfide) groups is 1. The number of amides is 1. The van der Waals surface area contributed by atoms with Crippen LogP contribution in [0.2, 0.25) is 5.02 Å². The van der Waals surface area contributed by atoms with E-state index in [0.717, 1.165) is 59.9 Å². The van der Waals surface area contributed by atoms with Crippen molar-refractivity contribution in [3.05, 3.63) is 85.5 Å². The molecule has 0 bridgehead atoms. The summed E-state index contributed by atoms with van der Waals surface area (Å²) in [6.07, 6.45) is 5.91. The average molecular weight is 552 g/mol. The summed E-state index contributed by atoms with van der Waals surface area (Å²) < 4.78 is 1.65. The van der Waals surface area contributed by atoms with Crippen molar-refractivity contribution in [3.63, 3.8) is 0 Å². The zero-order valence-corrected chi connectivity index (χ0v) is 23.4. The Morgan fingerprint density at radius 1 is 1.16 bits per heavy atom. The molecule has 0 spiro atoms. The van der Waals surface area contributed by atoms with E-state index in [2.05, 4.69) is 17.4 Å². The number of aromatic nitrogens is 2. The van der Waals surface area contributed by atoms with Crippen LogP contribution in [0.5, 0.6) is 0 Å². The molecule has 1 amide bonds. The molecule has 2 heterocycles. The number of benzene rings is 2. The van der Waals surface area contributed by atoms with E-state index in [1.165, 1.54) is 22.2 Å². The van der Waals surface area contributed by atoms with Gasteiger partial charge in [-0.1, -0.05) is 59.8 Å². The second-order valence-electron chi connectivity index (χ2n) is 9.59. The van der Waals surface area contributed by atoms with Gasteiger partial charge in [0.1, 0.15) is 4.83 Å². The molecule has 5 nitrogen and oxygen atoms in total. The van der Waals surface area contributed by atoms with Crippen LogP contribution in [-0.2, 0) is 24.1 Å². The van der Waals surface area contributed by atoms with E-state index in [0.29, 0.717) is 15.9 Å². The number of halogens is 1. The maximum absolute atomic E-state index is 14.0. The standard InChI is InChI=1S/C29H30ClN3O2S2/c1-18(15-16-20-9-4-3-5-10-20)31-25(34)17-36-29-32-27-26(21-11-6-7-14-24(21)37-27)28(35)33(29)23-13-8-12-22(30)19(23)2/h3-5,8-10,12-13,18H,6-7,11,14-17H2,1-2H3,(H,31,34). The number of hydrogen-bond donors (Lipinski definition) is 1. The zero-order chi connectivity index (χ0) is 25.9. The predicted octanol–water partition coefficient (Wildman–Crippen LogP) is 6.52. The lowest BCUT2D eigenvalue weighted by molar-refractivity contribution is -0.119. The molecule has 8 heteroatoms. The summed E-state index contributed by atoms with van der Waals surface area (Å²) in [5.74, 6) is 0.109. The second kappa shape index (κ2) is 11.4. The van der Waals surface area contributed by atoms with Crippen molar-refractivity contribution in [3.8, 4) is 5.69 Å². The molecule has 1 aliphatic carbocycles. The molecule has 5 rings (SSSR count). The molecule has 0 fully saturated rings. The van der Waals surface area contributed by atoms with Crippen molar-refractivity contribution in [2.24, 2.45) is 0 Å². The highest BCUT2D eigenvalue weighted by Crippen LogP contribution is 2.35. The molecule has 1 N–H and O–H groups in total. The van der Waals surface area contributed by atoms with Crippen molar-refractivity contribution in [1.29, 1.82) is 0 Å². The van der Waals surface area contributed by atoms with Gasteiger partial charge in [-0.25, -0.2) is 4.98 Å². The molecule has 192 valence electrons. The monoisotopic (exact) mass is 551 g/mol. The second-order valence-corrected chi connectivity index (χ2v) is 12.0. The van der Waals surface area contributed by atoms with Crippen LogP contribution in [0.4, 0.5) is 0 Å². The SMILES string of the molecule is Cc1c(Cl)cccc1-n1c(SCC(=O)NC(C)CCc2ccccc2)nc2sc3c(c2c1=O)CCCC3. The van der Waals surface area contributed by atoms with E-state index in [1.807, 2.05) is 50.2 Å². The Morgan fingerprint density at radius 2 is 1.95 bits per heavy atom. The lowest BCUT2D eigenvalue weighted by Gasteiger charge is -2.17. The Bertz CT molecular complexity index is 1500. The highest BCUT2D eigenvalue weighted by molar-refractivity contribution is 7.99. The van der Waals surface area contributed by atoms with Crippen molar-refractivity contribution in [2.75, 3.05) is 5.75 Å². The smallest absolute Gasteiger partial charge is 0.267 e. The van der Waals surface area contributed by atoms with E-state index < -0.39 is 0 Å². The molecule has 0 aliphatic heterocycles. The van der Waals surface area contributed by atoms with Gasteiger partial charge in [-0.3, -0.25) is 14.2 Å². The first-order valence-electron chi connectivity index (χ1n) is 12.7. The number of hydrogen-bond acceptors (Lipinski definition) is 5. The van der Waals surface area contributed by atoms with Crippen LogP contribution in [0.1, 0.15) is 47.8 Å². The first kappa shape index (κ1) is 26.0. The van der Waals surface area contributed by atoms with Gasteiger partial charge in [0, 0.05) is 15.9 Å². The quantitative estimate of drug-likeness (QED) is 0.200. The Morgan fingerprint density at radius 3 is 2.76 bits per heavy atom. The molecule has 0 saturated heterocycles. The van der Waals surface area contributed by atoms with Crippen LogP contribution < -0.4 is 10.9 Å². The van der Waals surface area contributed by atoms with Crippen molar-refractivity contribution in [1.82, 2.24) is 14.9 Å². The summed E-state index contributed by atoms with van der Waals surface area (Å²) in [5, 5.41) is 4.94. The van der Waals surface area contributed by atoms with Crippen molar-refractivity contribution in [2.45, 2.75) is 63.6 Å². The Labute approximate surface area is 230 Å². The number of carbonyl (C=O) groups is 1. The van der Waals surface area contributed by atoms with Crippen LogP contribution >= 0.6 is 34.7 Å². The Hall–Kier alpha value is -2.61. The number of nitrogens with zero attached hydrogens (tertiary/aromatic N) is 2. The van der Waals surface area contributed by atoms with Crippen LogP contribution in [0.3, 0.4) is 0 Å². The van der Waals surface area contributed by atoms with Crippen LogP contribution in [-0.4, -0.2) is 27.3 Å². The third-order valence-corrected chi connectivity index (χ3v) is 9.42. The van der Waals surface area contributed by atoms with E-state index in [1.54, 1.807) is 15.9 Å². The molecule has 2 aromatic carbocycles. The third kappa shape index (κ3) is 5.64. The summed E-state index contributed by atoms with van der Waals surface area (Å²) >= 11 is 9.36. The maximum Gasteiger partial charge on any atom is 0.267 e. The number of fused-ring (bicyclic) bond motifs is 3. The van der Waals surface area contributed by atoms with Crippen LogP contribution in [0, 0.1) is 6.92 Å². The third-order valence-electron chi connectivity index (χ3n) is 6.89. The number of rotatable bonds is 8. The Kier molecular flexibility index (Phi) is 8.03. The molecule has 0 radical (unpaired) electrons. The van der Waals surface area contributed by atoms with E-state index in [-0.39, 0.29) is 23.3 Å². The molecule has 1 unspecified atom stereocenters. The minimum atomic E-state index is -0.0751. The van der Waals surface area contributed by atoms with Gasteiger partial charge in [-0.15, -0.1) is 11.3 Å². The van der Waals surface area contributed by atoms with Gasteiger partial charge < -0.3 is 5.32 Å². The number of carbonyl (C=O) groups excluding carboxylic acids is 1. The molecule has 2 aromatic heterocycles. The fourth-order valence-electron chi connectivity index (χ4n) is 4.88. The highest BCUT2D eigenvalue weighted by Gasteiger charge is 2.24. The van der Waals surface area contributed by atoms with Gasteiger partial charge in [0.15, 0.2) is 5.16 Å². The largest absolute Gasteiger partial charge is 0.353 e. The first-order valence-corrected chi connectivity index (χ1v) is 14.9. The van der Waals surface area contributed by atoms with Crippen LogP contribution in [0.15, 0.2) is 58.5 Å². The topological polar surface area (TPSA) is 64.0 Å². The van der Waals surface area contributed by atoms with Gasteiger partial charge in [-0.2, -0.15) is 0 Å². The highest BCUT2D eigenvalue weighted by atomic mass is 35.5. The zero-order valence-electron chi connectivity index (χ0n) is 21.1. The predicted molar refractivity (Wildman–Crippen MR) is 155 cm³/mol. The summed E-state index contributed by atoms with van der Waals surface area (Å²) in [5.41, 5.74) is 3.86. The van der Waals surface area contributed by atoms with E-state index >= 15 is 0 Å². The van der Waals surface area contributed by atoms with Gasteiger partial charge in [0.05, 0.1) is 16.8 Å². The average Bonchev–Trinajstić information content (AvgIpc) is 3.27. The summed E-state index contributed by atoms with van der Waals surface area (Å²) in [7, 11) is 0. The minimum absolute atomic E-state index is 0.0464. The van der Waals surface area contributed by atoms with Crippen molar-refractivity contribution < 1.29 is 4.79 Å². The van der Waals surface area contributed by atoms with Crippen molar-refractivity contribution >= 4 is 50.8 Å². The first-order chi connectivity index (χ1) is 17.9. The van der Waals surface area contributed by atoms with Crippen LogP contribution in [0.25, 0.3) is 15.9 Å². The van der Waals surface area contributed by atoms with Gasteiger partial charge >= 0.3 is 0 Å². The normalized spacial score (nSPS) is 13.9. The molecule has 4 aromatic rings. The Balaban J connectivity index is 1.41. The van der Waals surface area contributed by atoms with Gasteiger partial charge in [0.2, 0.25) is 5.91 Å². The minimum Gasteiger partial charge on any atom is -0.353 e. The number of thiophene rings is 1. The lowest BCUT2D eigenvalue weighted by atomic mass is 9.97. The molecule has 1 atom stereocenters. The van der Waals surface area contributed by atoms with E-state index in [4.69, 9.17) is 16.6 Å². The molecule has 1 aliphatic rings. The molecular formula is C29H30ClN3O2S2. The van der Waals surface area contributed by atoms with Gasteiger partial charge in [0.25, 0.3) is 5.56 Å². The lowest BCUT2D eigenvalue weighted by Crippen LogP contribution is -2.34. The number of nitrogens with one attached hydrogen (secondary N) is 1. The fraction of sp³-hybridized carbons (Fsp3) is 0.345.